The van der Waals surface area contributed by atoms with Crippen LogP contribution < -0.4 is 5.73 Å². The van der Waals surface area contributed by atoms with Crippen molar-refractivity contribution in [3.05, 3.63) is 0 Å². The van der Waals surface area contributed by atoms with Gasteiger partial charge in [-0.1, -0.05) is 0 Å². The Hall–Kier alpha value is -0.160. The molecule has 80 valence electrons. The molecule has 2 atom stereocenters. The summed E-state index contributed by atoms with van der Waals surface area (Å²) >= 11 is 0. The Morgan fingerprint density at radius 2 is 1.62 bits per heavy atom. The second kappa shape index (κ2) is 8.44. The van der Waals surface area contributed by atoms with Crippen molar-refractivity contribution in [2.75, 3.05) is 41.2 Å². The molecule has 0 spiro atoms. The highest BCUT2D eigenvalue weighted by Crippen LogP contribution is 2.08. The Bertz CT molecular complexity index is 111. The van der Waals surface area contributed by atoms with Crippen molar-refractivity contribution in [2.24, 2.45) is 11.7 Å². The van der Waals surface area contributed by atoms with Crippen LogP contribution in [0.2, 0.25) is 0 Å². The fourth-order valence-electron chi connectivity index (χ4n) is 1.23. The maximum absolute atomic E-state index is 5.89. The molecule has 13 heavy (non-hydrogen) atoms. The number of hydrogen-bond donors (Lipinski definition) is 1. The van der Waals surface area contributed by atoms with Crippen LogP contribution in [0.15, 0.2) is 0 Å². The minimum Gasteiger partial charge on any atom is -0.385 e. The van der Waals surface area contributed by atoms with E-state index in [1.165, 1.54) is 0 Å². The predicted molar refractivity (Wildman–Crippen MR) is 51.7 cm³/mol. The topological polar surface area (TPSA) is 53.7 Å². The third-order valence-corrected chi connectivity index (χ3v) is 2.04. The first-order valence-corrected chi connectivity index (χ1v) is 4.48. The first-order chi connectivity index (χ1) is 6.26. The lowest BCUT2D eigenvalue weighted by molar-refractivity contribution is 0.0789. The smallest absolute Gasteiger partial charge is 0.0617 e. The van der Waals surface area contributed by atoms with Gasteiger partial charge in [-0.3, -0.25) is 0 Å². The van der Waals surface area contributed by atoms with Gasteiger partial charge in [0.2, 0.25) is 0 Å². The summed E-state index contributed by atoms with van der Waals surface area (Å²) in [5, 5.41) is 0. The molecule has 2 unspecified atom stereocenters. The summed E-state index contributed by atoms with van der Waals surface area (Å²) in [5.41, 5.74) is 5.89. The highest BCUT2D eigenvalue weighted by molar-refractivity contribution is 4.72. The Labute approximate surface area is 80.3 Å². The van der Waals surface area contributed by atoms with Gasteiger partial charge in [0, 0.05) is 39.9 Å². The van der Waals surface area contributed by atoms with Gasteiger partial charge >= 0.3 is 0 Å². The Morgan fingerprint density at radius 3 is 2.08 bits per heavy atom. The number of ether oxygens (including phenoxy) is 3. The van der Waals surface area contributed by atoms with Crippen molar-refractivity contribution in [3.63, 3.8) is 0 Å². The molecule has 2 N–H and O–H groups in total. The first kappa shape index (κ1) is 12.8. The second-order valence-corrected chi connectivity index (χ2v) is 3.12. The van der Waals surface area contributed by atoms with Gasteiger partial charge in [-0.2, -0.15) is 0 Å². The number of methoxy groups -OCH3 is 3. The first-order valence-electron chi connectivity index (χ1n) is 4.48. The molecular weight excluding hydrogens is 170 g/mol. The molecule has 0 aliphatic carbocycles. The van der Waals surface area contributed by atoms with Gasteiger partial charge < -0.3 is 19.9 Å². The molecule has 0 aromatic rings. The lowest BCUT2D eigenvalue weighted by Crippen LogP contribution is -2.37. The van der Waals surface area contributed by atoms with Crippen molar-refractivity contribution in [3.8, 4) is 0 Å². The summed E-state index contributed by atoms with van der Waals surface area (Å²) in [5.74, 6) is 0.310. The summed E-state index contributed by atoms with van der Waals surface area (Å²) in [4.78, 5) is 0. The molecule has 4 nitrogen and oxygen atoms in total. The zero-order valence-corrected chi connectivity index (χ0v) is 8.79. The third-order valence-electron chi connectivity index (χ3n) is 2.04. The third kappa shape index (κ3) is 5.99. The molecule has 0 rings (SSSR count). The molecule has 0 aliphatic heterocycles. The Balaban J connectivity index is 3.75. The largest absolute Gasteiger partial charge is 0.385 e. The van der Waals surface area contributed by atoms with Gasteiger partial charge in [0.1, 0.15) is 0 Å². The van der Waals surface area contributed by atoms with Crippen LogP contribution in [-0.2, 0) is 14.2 Å². The molecule has 0 amide bonds. The fraction of sp³-hybridized carbons (Fsp3) is 1.00. The molecule has 0 heterocycles. The highest BCUT2D eigenvalue weighted by atomic mass is 16.5. The van der Waals surface area contributed by atoms with Crippen LogP contribution >= 0.6 is 0 Å². The summed E-state index contributed by atoms with van der Waals surface area (Å²) in [6.07, 6.45) is 0.912. The lowest BCUT2D eigenvalue weighted by atomic mass is 9.99. The minimum absolute atomic E-state index is 0.0279. The zero-order chi connectivity index (χ0) is 10.1. The predicted octanol–water partition coefficient (Wildman–Crippen LogP) is 0.259. The van der Waals surface area contributed by atoms with Crippen LogP contribution in [0.5, 0.6) is 0 Å². The van der Waals surface area contributed by atoms with Crippen LogP contribution in [0.3, 0.4) is 0 Å². The lowest BCUT2D eigenvalue weighted by Gasteiger charge is -2.22. The van der Waals surface area contributed by atoms with Gasteiger partial charge in [0.25, 0.3) is 0 Å². The SMILES string of the molecule is COCCC(COC)C(N)COC. The van der Waals surface area contributed by atoms with Crippen LogP contribution in [0.1, 0.15) is 6.42 Å². The van der Waals surface area contributed by atoms with E-state index < -0.39 is 0 Å². The van der Waals surface area contributed by atoms with Crippen molar-refractivity contribution in [1.82, 2.24) is 0 Å². The number of hydrogen-bond acceptors (Lipinski definition) is 4. The Kier molecular flexibility index (Phi) is 8.33. The van der Waals surface area contributed by atoms with Crippen LogP contribution in [0.25, 0.3) is 0 Å². The quantitative estimate of drug-likeness (QED) is 0.598. The van der Waals surface area contributed by atoms with E-state index in [-0.39, 0.29) is 6.04 Å². The Morgan fingerprint density at radius 1 is 1.00 bits per heavy atom. The van der Waals surface area contributed by atoms with Crippen LogP contribution in [-0.4, -0.2) is 47.2 Å². The maximum Gasteiger partial charge on any atom is 0.0617 e. The fourth-order valence-corrected chi connectivity index (χ4v) is 1.23. The van der Waals surface area contributed by atoms with Gasteiger partial charge in [-0.05, 0) is 6.42 Å². The number of rotatable bonds is 8. The standard InChI is InChI=1S/C9H21NO3/c1-11-5-4-8(6-12-2)9(10)7-13-3/h8-9H,4-7,10H2,1-3H3. The molecule has 0 aromatic heterocycles. The van der Waals surface area contributed by atoms with Gasteiger partial charge in [-0.25, -0.2) is 0 Å². The summed E-state index contributed by atoms with van der Waals surface area (Å²) in [7, 11) is 5.02. The molecule has 4 heteroatoms. The van der Waals surface area contributed by atoms with Gasteiger partial charge in [0.15, 0.2) is 0 Å². The van der Waals surface area contributed by atoms with E-state index in [0.717, 1.165) is 6.42 Å². The monoisotopic (exact) mass is 191 g/mol. The summed E-state index contributed by atoms with van der Waals surface area (Å²) in [6, 6.07) is 0.0279. The minimum atomic E-state index is 0.0279. The van der Waals surface area contributed by atoms with Gasteiger partial charge in [0.05, 0.1) is 13.2 Å². The molecule has 0 bridgehead atoms. The molecule has 0 saturated carbocycles. The van der Waals surface area contributed by atoms with E-state index in [4.69, 9.17) is 19.9 Å². The number of nitrogens with two attached hydrogens (primary N) is 1. The van der Waals surface area contributed by atoms with E-state index in [1.807, 2.05) is 0 Å². The zero-order valence-electron chi connectivity index (χ0n) is 8.79. The van der Waals surface area contributed by atoms with E-state index in [9.17, 15) is 0 Å². The van der Waals surface area contributed by atoms with Gasteiger partial charge in [-0.15, -0.1) is 0 Å². The van der Waals surface area contributed by atoms with E-state index in [1.54, 1.807) is 21.3 Å². The van der Waals surface area contributed by atoms with Crippen molar-refractivity contribution in [2.45, 2.75) is 12.5 Å². The average Bonchev–Trinajstić information content (AvgIpc) is 2.12. The van der Waals surface area contributed by atoms with E-state index in [0.29, 0.717) is 25.7 Å². The highest BCUT2D eigenvalue weighted by Gasteiger charge is 2.17. The van der Waals surface area contributed by atoms with Crippen molar-refractivity contribution >= 4 is 0 Å². The van der Waals surface area contributed by atoms with E-state index in [2.05, 4.69) is 0 Å². The second-order valence-electron chi connectivity index (χ2n) is 3.12. The molecule has 0 aliphatic rings. The molecule has 0 aromatic carbocycles. The summed E-state index contributed by atoms with van der Waals surface area (Å²) < 4.78 is 15.1. The molecule has 0 fully saturated rings. The van der Waals surface area contributed by atoms with Crippen LogP contribution in [0, 0.1) is 5.92 Å². The van der Waals surface area contributed by atoms with Crippen molar-refractivity contribution in [1.29, 1.82) is 0 Å². The van der Waals surface area contributed by atoms with Crippen molar-refractivity contribution < 1.29 is 14.2 Å². The maximum atomic E-state index is 5.89. The van der Waals surface area contributed by atoms with E-state index >= 15 is 0 Å². The molecule has 0 saturated heterocycles. The average molecular weight is 191 g/mol. The normalized spacial score (nSPS) is 15.7. The van der Waals surface area contributed by atoms with Crippen LogP contribution in [0.4, 0.5) is 0 Å². The molecular formula is C9H21NO3. The summed E-state index contributed by atoms with van der Waals surface area (Å²) in [6.45, 7) is 1.94. The molecule has 0 radical (unpaired) electrons.